The minimum absolute atomic E-state index is 0.176. The normalized spacial score (nSPS) is 9.74. The Labute approximate surface area is 161 Å². The van der Waals surface area contributed by atoms with Crippen LogP contribution in [-0.4, -0.2) is 0 Å². The fourth-order valence-corrected chi connectivity index (χ4v) is 2.66. The summed E-state index contributed by atoms with van der Waals surface area (Å²) in [6.45, 7) is 4.10. The number of benzene rings is 3. The summed E-state index contributed by atoms with van der Waals surface area (Å²) in [6.07, 6.45) is 1.69. The van der Waals surface area contributed by atoms with E-state index in [4.69, 9.17) is 0 Å². The van der Waals surface area contributed by atoms with Crippen molar-refractivity contribution >= 4 is 0 Å². The number of hydrogen-bond acceptors (Lipinski definition) is 0. The van der Waals surface area contributed by atoms with Gasteiger partial charge in [-0.2, -0.15) is 0 Å². The van der Waals surface area contributed by atoms with Gasteiger partial charge >= 0.3 is 0 Å². The maximum absolute atomic E-state index is 14.0. The quantitative estimate of drug-likeness (QED) is 0.505. The van der Waals surface area contributed by atoms with Crippen molar-refractivity contribution in [1.29, 1.82) is 0 Å². The molecule has 27 heavy (non-hydrogen) atoms. The molecule has 0 aromatic heterocycles. The van der Waals surface area contributed by atoms with E-state index >= 15 is 0 Å². The van der Waals surface area contributed by atoms with Crippen molar-refractivity contribution in [2.24, 2.45) is 0 Å². The zero-order valence-corrected chi connectivity index (χ0v) is 15.6. The Morgan fingerprint density at radius 3 is 1.59 bits per heavy atom. The molecule has 1 heteroatoms. The average molecular weight is 352 g/mol. The second-order valence-corrected chi connectivity index (χ2v) is 6.50. The van der Waals surface area contributed by atoms with E-state index < -0.39 is 0 Å². The Morgan fingerprint density at radius 1 is 0.667 bits per heavy atom. The fraction of sp³-hybridized carbons (Fsp3) is 0.154. The zero-order chi connectivity index (χ0) is 19.1. The molecule has 3 rings (SSSR count). The molecule has 0 N–H and O–H groups in total. The lowest BCUT2D eigenvalue weighted by atomic mass is 10.1. The van der Waals surface area contributed by atoms with Gasteiger partial charge in [0.15, 0.2) is 0 Å². The number of rotatable bonds is 2. The van der Waals surface area contributed by atoms with Crippen LogP contribution in [0.15, 0.2) is 66.7 Å². The molecule has 0 unspecified atom stereocenters. The van der Waals surface area contributed by atoms with Crippen LogP contribution < -0.4 is 0 Å². The summed E-state index contributed by atoms with van der Waals surface area (Å²) in [4.78, 5) is 0. The van der Waals surface area contributed by atoms with Crippen LogP contribution in [0.5, 0.6) is 0 Å². The first-order chi connectivity index (χ1) is 13.1. The van der Waals surface area contributed by atoms with Crippen LogP contribution in [0.1, 0.15) is 46.7 Å². The van der Waals surface area contributed by atoms with Gasteiger partial charge in [0.1, 0.15) is 5.82 Å². The van der Waals surface area contributed by atoms with Gasteiger partial charge in [0.25, 0.3) is 0 Å². The molecule has 0 saturated carbocycles. The van der Waals surface area contributed by atoms with Crippen molar-refractivity contribution in [3.63, 3.8) is 0 Å². The van der Waals surface area contributed by atoms with Crippen LogP contribution in [0.2, 0.25) is 0 Å². The molecule has 0 aliphatic heterocycles. The minimum Gasteiger partial charge on any atom is -0.207 e. The third-order valence-corrected chi connectivity index (χ3v) is 4.21. The lowest BCUT2D eigenvalue weighted by Crippen LogP contribution is -1.90. The van der Waals surface area contributed by atoms with Crippen LogP contribution in [0.4, 0.5) is 4.39 Å². The van der Waals surface area contributed by atoms with E-state index in [-0.39, 0.29) is 5.82 Å². The maximum Gasteiger partial charge on any atom is 0.127 e. The molecule has 0 amide bonds. The highest BCUT2D eigenvalue weighted by atomic mass is 19.1. The third kappa shape index (κ3) is 5.34. The van der Waals surface area contributed by atoms with Crippen molar-refractivity contribution in [3.8, 4) is 23.7 Å². The summed E-state index contributed by atoms with van der Waals surface area (Å²) in [5.41, 5.74) is 5.49. The minimum atomic E-state index is -0.176. The van der Waals surface area contributed by atoms with Crippen LogP contribution >= 0.6 is 0 Å². The largest absolute Gasteiger partial charge is 0.207 e. The predicted octanol–water partition coefficient (Wildman–Crippen LogP) is 5.89. The number of hydrogen-bond donors (Lipinski definition) is 0. The summed E-state index contributed by atoms with van der Waals surface area (Å²) >= 11 is 0. The highest BCUT2D eigenvalue weighted by Crippen LogP contribution is 2.12. The van der Waals surface area contributed by atoms with E-state index in [0.29, 0.717) is 5.56 Å². The molecule has 132 valence electrons. The van der Waals surface area contributed by atoms with E-state index in [1.54, 1.807) is 0 Å². The van der Waals surface area contributed by atoms with E-state index in [1.165, 1.54) is 11.6 Å². The molecule has 0 spiro atoms. The SMILES string of the molecule is CCCc1ccc(C#Cc2ccc(C#Cc3ccc(C)cc3)cc2)cc1F. The number of aryl methyl sites for hydroxylation is 2. The van der Waals surface area contributed by atoms with Gasteiger partial charge < -0.3 is 0 Å². The fourth-order valence-electron chi connectivity index (χ4n) is 2.66. The Kier molecular flexibility index (Phi) is 6.09. The Hall–Kier alpha value is -3.29. The van der Waals surface area contributed by atoms with Crippen molar-refractivity contribution in [1.82, 2.24) is 0 Å². The van der Waals surface area contributed by atoms with Crippen LogP contribution in [0.3, 0.4) is 0 Å². The summed E-state index contributed by atoms with van der Waals surface area (Å²) in [5, 5.41) is 0. The van der Waals surface area contributed by atoms with Gasteiger partial charge in [0.2, 0.25) is 0 Å². The summed E-state index contributed by atoms with van der Waals surface area (Å²) in [6, 6.07) is 21.2. The summed E-state index contributed by atoms with van der Waals surface area (Å²) in [7, 11) is 0. The molecule has 0 nitrogen and oxygen atoms in total. The van der Waals surface area contributed by atoms with Crippen molar-refractivity contribution < 1.29 is 4.39 Å². The molecule has 3 aromatic rings. The molecule has 0 bridgehead atoms. The van der Waals surface area contributed by atoms with Crippen molar-refractivity contribution in [2.45, 2.75) is 26.7 Å². The lowest BCUT2D eigenvalue weighted by Gasteiger charge is -2.01. The number of halogens is 1. The Morgan fingerprint density at radius 2 is 1.11 bits per heavy atom. The van der Waals surface area contributed by atoms with E-state index in [1.807, 2.05) is 55.5 Å². The summed E-state index contributed by atoms with van der Waals surface area (Å²) < 4.78 is 14.0. The Bertz CT molecular complexity index is 1030. The standard InChI is InChI=1S/C26H21F/c1-3-4-25-18-17-24(19-26(25)27)16-15-23-13-11-22(12-14-23)10-9-21-7-5-20(2)6-8-21/h5-8,11-14,17-19H,3-4H2,1-2H3. The molecule has 0 atom stereocenters. The van der Waals surface area contributed by atoms with Gasteiger partial charge in [-0.3, -0.25) is 0 Å². The first-order valence-corrected chi connectivity index (χ1v) is 9.13. The second kappa shape index (κ2) is 8.88. The highest BCUT2D eigenvalue weighted by molar-refractivity contribution is 5.48. The lowest BCUT2D eigenvalue weighted by molar-refractivity contribution is 0.607. The van der Waals surface area contributed by atoms with Gasteiger partial charge in [0, 0.05) is 22.3 Å². The predicted molar refractivity (Wildman–Crippen MR) is 110 cm³/mol. The first-order valence-electron chi connectivity index (χ1n) is 9.13. The third-order valence-electron chi connectivity index (χ3n) is 4.21. The van der Waals surface area contributed by atoms with Crippen LogP contribution in [-0.2, 0) is 6.42 Å². The molecular weight excluding hydrogens is 331 g/mol. The molecular formula is C26H21F. The van der Waals surface area contributed by atoms with Gasteiger partial charge in [-0.15, -0.1) is 0 Å². The zero-order valence-electron chi connectivity index (χ0n) is 15.6. The molecule has 3 aromatic carbocycles. The van der Waals surface area contributed by atoms with Gasteiger partial charge in [-0.25, -0.2) is 4.39 Å². The topological polar surface area (TPSA) is 0 Å². The monoisotopic (exact) mass is 352 g/mol. The van der Waals surface area contributed by atoms with Gasteiger partial charge in [-0.05, 0) is 67.4 Å². The van der Waals surface area contributed by atoms with Crippen LogP contribution in [0, 0.1) is 36.4 Å². The molecule has 0 aliphatic carbocycles. The molecule has 0 heterocycles. The van der Waals surface area contributed by atoms with E-state index in [9.17, 15) is 4.39 Å². The molecule has 0 aliphatic rings. The van der Waals surface area contributed by atoms with Crippen LogP contribution in [0.25, 0.3) is 0 Å². The Balaban J connectivity index is 1.71. The smallest absolute Gasteiger partial charge is 0.127 e. The van der Waals surface area contributed by atoms with E-state index in [0.717, 1.165) is 35.1 Å². The summed E-state index contributed by atoms with van der Waals surface area (Å²) in [5.74, 6) is 12.3. The van der Waals surface area contributed by atoms with Gasteiger partial charge in [-0.1, -0.05) is 60.8 Å². The molecule has 0 fully saturated rings. The maximum atomic E-state index is 14.0. The van der Waals surface area contributed by atoms with Gasteiger partial charge in [0.05, 0.1) is 0 Å². The van der Waals surface area contributed by atoms with Crippen molar-refractivity contribution in [3.05, 3.63) is 106 Å². The molecule has 0 saturated heterocycles. The average Bonchev–Trinajstić information content (AvgIpc) is 2.69. The second-order valence-electron chi connectivity index (χ2n) is 6.50. The first kappa shape index (κ1) is 18.5. The molecule has 0 radical (unpaired) electrons. The highest BCUT2D eigenvalue weighted by Gasteiger charge is 2.01. The van der Waals surface area contributed by atoms with E-state index in [2.05, 4.69) is 42.7 Å². The van der Waals surface area contributed by atoms with Crippen molar-refractivity contribution in [2.75, 3.05) is 0 Å².